The highest BCUT2D eigenvalue weighted by atomic mass is 32.2. The Kier molecular flexibility index (Phi) is 6.73. The summed E-state index contributed by atoms with van der Waals surface area (Å²) in [5.41, 5.74) is -2.32. The van der Waals surface area contributed by atoms with Gasteiger partial charge in [0, 0.05) is 61.8 Å². The average Bonchev–Trinajstić information content (AvgIpc) is 3.36. The molecule has 4 heterocycles. The quantitative estimate of drug-likeness (QED) is 0.447. The van der Waals surface area contributed by atoms with Gasteiger partial charge in [0.05, 0.1) is 16.6 Å². The van der Waals surface area contributed by atoms with Crippen LogP contribution >= 0.6 is 0 Å². The third-order valence-corrected chi connectivity index (χ3v) is 7.97. The Morgan fingerprint density at radius 3 is 2.68 bits per heavy atom. The second kappa shape index (κ2) is 9.87. The fourth-order valence-corrected chi connectivity index (χ4v) is 5.19. The van der Waals surface area contributed by atoms with Crippen LogP contribution in [0.5, 0.6) is 5.75 Å². The number of anilines is 1. The molecule has 3 aromatic rings. The molecule has 10 nitrogen and oxygen atoms in total. The normalized spacial score (nSPS) is 18.6. The van der Waals surface area contributed by atoms with Crippen molar-refractivity contribution in [3.05, 3.63) is 53.9 Å². The standard InChI is InChI=1S/C23H22F4N6O4S/c24-8-17-13-33(20-4-2-18(11-28-20)38(35,36)23(25,26)27)6-5-32(17)12-16-10-30-31-21(16)14-1-3-19-15(7-14)9-29-22(34)37-19/h1-4,7,10-11,17H,5-6,8-9,12-13H2,(H,29,34)(H,30,31). The van der Waals surface area contributed by atoms with Crippen LogP contribution in [0.2, 0.25) is 0 Å². The van der Waals surface area contributed by atoms with E-state index in [1.54, 1.807) is 23.2 Å². The van der Waals surface area contributed by atoms with E-state index in [1.807, 2.05) is 11.0 Å². The summed E-state index contributed by atoms with van der Waals surface area (Å²) in [4.78, 5) is 18.0. The number of fused-ring (bicyclic) bond motifs is 1. The van der Waals surface area contributed by atoms with Crippen LogP contribution < -0.4 is 15.0 Å². The van der Waals surface area contributed by atoms with Crippen molar-refractivity contribution < 1.29 is 35.5 Å². The van der Waals surface area contributed by atoms with E-state index in [0.717, 1.165) is 22.8 Å². The fourth-order valence-electron chi connectivity index (χ4n) is 4.48. The number of nitrogens with one attached hydrogen (secondary N) is 2. The minimum absolute atomic E-state index is 0.206. The number of nitrogens with zero attached hydrogens (tertiary/aromatic N) is 4. The van der Waals surface area contributed by atoms with E-state index in [-0.39, 0.29) is 12.4 Å². The van der Waals surface area contributed by atoms with Crippen molar-refractivity contribution in [2.45, 2.75) is 29.5 Å². The number of carbonyl (C=O) groups is 1. The van der Waals surface area contributed by atoms with Gasteiger partial charge in [0.15, 0.2) is 0 Å². The van der Waals surface area contributed by atoms with Crippen molar-refractivity contribution in [3.63, 3.8) is 0 Å². The topological polar surface area (TPSA) is 121 Å². The molecule has 15 heteroatoms. The van der Waals surface area contributed by atoms with Crippen molar-refractivity contribution in [1.29, 1.82) is 0 Å². The van der Waals surface area contributed by atoms with Crippen LogP contribution in [0.15, 0.2) is 47.6 Å². The summed E-state index contributed by atoms with van der Waals surface area (Å²) in [5, 5.41) is 9.81. The molecule has 0 radical (unpaired) electrons. The molecule has 0 aliphatic carbocycles. The van der Waals surface area contributed by atoms with Gasteiger partial charge >= 0.3 is 11.6 Å². The summed E-state index contributed by atoms with van der Waals surface area (Å²) >= 11 is 0. The maximum atomic E-state index is 14.1. The number of H-pyrrole nitrogens is 1. The number of sulfone groups is 1. The van der Waals surface area contributed by atoms with Gasteiger partial charge in [0.2, 0.25) is 0 Å². The van der Waals surface area contributed by atoms with Crippen molar-refractivity contribution in [1.82, 2.24) is 25.4 Å². The predicted molar refractivity (Wildman–Crippen MR) is 127 cm³/mol. The Morgan fingerprint density at radius 1 is 1.16 bits per heavy atom. The van der Waals surface area contributed by atoms with E-state index in [2.05, 4.69) is 20.5 Å². The molecule has 5 rings (SSSR count). The third-order valence-electron chi connectivity index (χ3n) is 6.50. The van der Waals surface area contributed by atoms with Crippen molar-refractivity contribution in [2.24, 2.45) is 0 Å². The fraction of sp³-hybridized carbons (Fsp3) is 0.348. The number of alkyl halides is 4. The molecule has 1 unspecified atom stereocenters. The zero-order chi connectivity index (χ0) is 27.1. The van der Waals surface area contributed by atoms with Gasteiger partial charge in [-0.3, -0.25) is 10.00 Å². The number of pyridine rings is 1. The number of ether oxygens (including phenoxy) is 1. The molecule has 38 heavy (non-hydrogen) atoms. The zero-order valence-electron chi connectivity index (χ0n) is 19.7. The molecule has 1 fully saturated rings. The molecule has 1 atom stereocenters. The summed E-state index contributed by atoms with van der Waals surface area (Å²) in [6.45, 7) is 1.06. The lowest BCUT2D eigenvalue weighted by atomic mass is 10.0. The van der Waals surface area contributed by atoms with E-state index in [4.69, 9.17) is 4.74 Å². The molecule has 0 spiro atoms. The Morgan fingerprint density at radius 2 is 1.97 bits per heavy atom. The molecule has 1 saturated heterocycles. The highest BCUT2D eigenvalue weighted by Gasteiger charge is 2.47. The lowest BCUT2D eigenvalue weighted by Gasteiger charge is -2.40. The van der Waals surface area contributed by atoms with Gasteiger partial charge in [0.1, 0.15) is 18.2 Å². The first kappa shape index (κ1) is 25.9. The van der Waals surface area contributed by atoms with Crippen LogP contribution in [0, 0.1) is 0 Å². The second-order valence-corrected chi connectivity index (χ2v) is 10.8. The molecule has 0 saturated carbocycles. The summed E-state index contributed by atoms with van der Waals surface area (Å²) in [6, 6.07) is 6.86. The zero-order valence-corrected chi connectivity index (χ0v) is 20.5. The van der Waals surface area contributed by atoms with E-state index in [9.17, 15) is 30.8 Å². The maximum Gasteiger partial charge on any atom is 0.501 e. The van der Waals surface area contributed by atoms with Gasteiger partial charge in [-0.15, -0.1) is 0 Å². The van der Waals surface area contributed by atoms with Gasteiger partial charge in [0.25, 0.3) is 9.84 Å². The van der Waals surface area contributed by atoms with Crippen LogP contribution in [0.3, 0.4) is 0 Å². The van der Waals surface area contributed by atoms with Crippen LogP contribution in [0.4, 0.5) is 28.2 Å². The highest BCUT2D eigenvalue weighted by molar-refractivity contribution is 7.92. The predicted octanol–water partition coefficient (Wildman–Crippen LogP) is 3.03. The van der Waals surface area contributed by atoms with E-state index >= 15 is 0 Å². The monoisotopic (exact) mass is 554 g/mol. The van der Waals surface area contributed by atoms with E-state index in [1.165, 1.54) is 6.07 Å². The molecule has 202 valence electrons. The molecule has 2 N–H and O–H groups in total. The summed E-state index contributed by atoms with van der Waals surface area (Å²) < 4.78 is 80.8. The van der Waals surface area contributed by atoms with Crippen LogP contribution in [-0.2, 0) is 22.9 Å². The number of aromatic nitrogens is 3. The van der Waals surface area contributed by atoms with Crippen LogP contribution in [-0.4, -0.2) is 72.5 Å². The average molecular weight is 555 g/mol. The summed E-state index contributed by atoms with van der Waals surface area (Å²) in [5.74, 6) is 0.734. The number of halogens is 4. The van der Waals surface area contributed by atoms with Crippen molar-refractivity contribution in [2.75, 3.05) is 31.2 Å². The number of carbonyl (C=O) groups excluding carboxylic acids is 1. The van der Waals surface area contributed by atoms with Gasteiger partial charge in [-0.05, 0) is 30.3 Å². The first-order valence-electron chi connectivity index (χ1n) is 11.5. The largest absolute Gasteiger partial charge is 0.501 e. The Balaban J connectivity index is 1.29. The van der Waals surface area contributed by atoms with Crippen LogP contribution in [0.25, 0.3) is 11.3 Å². The summed E-state index contributed by atoms with van der Waals surface area (Å²) in [7, 11) is -5.50. The molecular weight excluding hydrogens is 532 g/mol. The minimum atomic E-state index is -5.50. The lowest BCUT2D eigenvalue weighted by molar-refractivity contribution is -0.0436. The minimum Gasteiger partial charge on any atom is -0.410 e. The number of rotatable bonds is 6. The first-order chi connectivity index (χ1) is 18.1. The van der Waals surface area contributed by atoms with Gasteiger partial charge in [-0.2, -0.15) is 18.3 Å². The Labute approximate surface area is 214 Å². The number of amides is 1. The molecule has 1 aromatic carbocycles. The number of hydrogen-bond donors (Lipinski definition) is 2. The molecule has 2 aromatic heterocycles. The number of benzene rings is 1. The van der Waals surface area contributed by atoms with Gasteiger partial charge < -0.3 is 15.0 Å². The number of aromatic amines is 1. The van der Waals surface area contributed by atoms with Crippen LogP contribution in [0.1, 0.15) is 11.1 Å². The Hall–Kier alpha value is -3.72. The smallest absolute Gasteiger partial charge is 0.410 e. The maximum absolute atomic E-state index is 14.1. The van der Waals surface area contributed by atoms with Gasteiger partial charge in [-0.25, -0.2) is 22.6 Å². The second-order valence-electron chi connectivity index (χ2n) is 8.85. The van der Waals surface area contributed by atoms with E-state index < -0.39 is 39.1 Å². The number of piperazine rings is 1. The third kappa shape index (κ3) is 4.90. The molecule has 2 aliphatic heterocycles. The van der Waals surface area contributed by atoms with Gasteiger partial charge in [-0.1, -0.05) is 0 Å². The molecule has 0 bridgehead atoms. The summed E-state index contributed by atoms with van der Waals surface area (Å²) in [6.07, 6.45) is 1.89. The van der Waals surface area contributed by atoms with Crippen molar-refractivity contribution in [3.8, 4) is 17.0 Å². The molecular formula is C23H22F4N6O4S. The van der Waals surface area contributed by atoms with Crippen molar-refractivity contribution >= 4 is 21.7 Å². The molecule has 2 aliphatic rings. The lowest BCUT2D eigenvalue weighted by Crippen LogP contribution is -2.54. The Bertz CT molecular complexity index is 1440. The van der Waals surface area contributed by atoms with E-state index in [0.29, 0.717) is 43.8 Å². The molecule has 1 amide bonds. The first-order valence-corrected chi connectivity index (χ1v) is 13.0. The number of hydrogen-bond acceptors (Lipinski definition) is 8. The highest BCUT2D eigenvalue weighted by Crippen LogP contribution is 2.32. The SMILES string of the molecule is O=C1NCc2cc(-c3n[nH]cc3CN3CCN(c4ccc(S(=O)(=O)C(F)(F)F)cn4)CC3CF)ccc2O1.